The maximum atomic E-state index is 13.2. The second-order valence-corrected chi connectivity index (χ2v) is 5.90. The number of nitrogens with one attached hydrogen (secondary N) is 1. The topological polar surface area (TPSA) is 53.9 Å². The van der Waals surface area contributed by atoms with Gasteiger partial charge in [-0.1, -0.05) is 12.1 Å². The molecular weight excluding hydrogens is 309 g/mol. The molecule has 0 radical (unpaired) electrons. The Balaban J connectivity index is 1.90. The van der Waals surface area contributed by atoms with E-state index in [2.05, 4.69) is 15.2 Å². The van der Waals surface area contributed by atoms with E-state index in [0.717, 1.165) is 44.0 Å². The molecular formula is C18H26FN3O2. The fraction of sp³-hybridized carbons (Fsp3) is 0.556. The minimum Gasteiger partial charge on any atom is -0.469 e. The molecule has 0 bridgehead atoms. The van der Waals surface area contributed by atoms with Gasteiger partial charge in [0, 0.05) is 26.2 Å². The van der Waals surface area contributed by atoms with Gasteiger partial charge in [-0.2, -0.15) is 0 Å². The third-order valence-electron chi connectivity index (χ3n) is 4.21. The average molecular weight is 335 g/mol. The molecule has 1 aromatic carbocycles. The molecule has 0 atom stereocenters. The average Bonchev–Trinajstić information content (AvgIpc) is 2.60. The minimum atomic E-state index is -0.215. The van der Waals surface area contributed by atoms with E-state index in [1.807, 2.05) is 13.0 Å². The lowest BCUT2D eigenvalue weighted by Gasteiger charge is -2.33. The van der Waals surface area contributed by atoms with Crippen LogP contribution in [0, 0.1) is 11.7 Å². The number of hydrogen-bond acceptors (Lipinski definition) is 3. The predicted molar refractivity (Wildman–Crippen MR) is 92.4 cm³/mol. The normalized spacial score (nSPS) is 16.1. The van der Waals surface area contributed by atoms with Crippen LogP contribution < -0.4 is 5.32 Å². The minimum absolute atomic E-state index is 0.0126. The zero-order valence-electron chi connectivity index (χ0n) is 14.4. The van der Waals surface area contributed by atoms with Crippen LogP contribution in [0.5, 0.6) is 0 Å². The standard InChI is InChI=1S/C18H26FN3O2/c1-3-20-18(21-10-7-14-5-4-6-16(19)13-14)22-11-8-15(9-12-22)17(23)24-2/h4-6,13,15H,3,7-12H2,1-2H3,(H,20,21). The number of halogens is 1. The number of benzene rings is 1. The number of likely N-dealkylation sites (tertiary alicyclic amines) is 1. The first-order valence-electron chi connectivity index (χ1n) is 8.49. The lowest BCUT2D eigenvalue weighted by atomic mass is 9.97. The van der Waals surface area contributed by atoms with Gasteiger partial charge in [0.2, 0.25) is 0 Å². The van der Waals surface area contributed by atoms with Crippen LogP contribution >= 0.6 is 0 Å². The van der Waals surface area contributed by atoms with Gasteiger partial charge >= 0.3 is 5.97 Å². The highest BCUT2D eigenvalue weighted by molar-refractivity contribution is 5.80. The summed E-state index contributed by atoms with van der Waals surface area (Å²) < 4.78 is 18.0. The predicted octanol–water partition coefficient (Wildman–Crippen LogP) is 2.22. The number of piperidine rings is 1. The molecule has 5 nitrogen and oxygen atoms in total. The molecule has 1 aliphatic heterocycles. The number of rotatable bonds is 5. The number of aliphatic imine (C=N–C) groups is 1. The Hall–Kier alpha value is -2.11. The van der Waals surface area contributed by atoms with E-state index in [0.29, 0.717) is 13.0 Å². The quantitative estimate of drug-likeness (QED) is 0.509. The van der Waals surface area contributed by atoms with Crippen molar-refractivity contribution in [3.8, 4) is 0 Å². The fourth-order valence-electron chi connectivity index (χ4n) is 2.90. The van der Waals surface area contributed by atoms with E-state index in [1.54, 1.807) is 12.1 Å². The highest BCUT2D eigenvalue weighted by atomic mass is 19.1. The Morgan fingerprint density at radius 1 is 1.42 bits per heavy atom. The second kappa shape index (κ2) is 9.25. The Morgan fingerprint density at radius 3 is 2.79 bits per heavy atom. The van der Waals surface area contributed by atoms with Crippen LogP contribution in [0.3, 0.4) is 0 Å². The molecule has 24 heavy (non-hydrogen) atoms. The molecule has 1 fully saturated rings. The monoisotopic (exact) mass is 335 g/mol. The zero-order chi connectivity index (χ0) is 17.4. The number of methoxy groups -OCH3 is 1. The van der Waals surface area contributed by atoms with Crippen LogP contribution in [0.25, 0.3) is 0 Å². The summed E-state index contributed by atoms with van der Waals surface area (Å²) in [4.78, 5) is 18.4. The van der Waals surface area contributed by atoms with E-state index >= 15 is 0 Å². The first kappa shape index (κ1) is 18.2. The van der Waals surface area contributed by atoms with Gasteiger partial charge in [-0.15, -0.1) is 0 Å². The Kier molecular flexibility index (Phi) is 7.03. The summed E-state index contributed by atoms with van der Waals surface area (Å²) in [6.45, 7) is 4.98. The summed E-state index contributed by atoms with van der Waals surface area (Å²) in [6.07, 6.45) is 2.26. The van der Waals surface area contributed by atoms with Crippen molar-refractivity contribution < 1.29 is 13.9 Å². The second-order valence-electron chi connectivity index (χ2n) is 5.90. The number of ether oxygens (including phenoxy) is 1. The highest BCUT2D eigenvalue weighted by Gasteiger charge is 2.26. The van der Waals surface area contributed by atoms with Gasteiger partial charge in [0.25, 0.3) is 0 Å². The first-order chi connectivity index (χ1) is 11.6. The first-order valence-corrected chi connectivity index (χ1v) is 8.49. The Labute approximate surface area is 142 Å². The SMILES string of the molecule is CCNC(=NCCc1cccc(F)c1)N1CCC(C(=O)OC)CC1. The summed E-state index contributed by atoms with van der Waals surface area (Å²) >= 11 is 0. The van der Waals surface area contributed by atoms with Crippen molar-refractivity contribution in [3.05, 3.63) is 35.6 Å². The van der Waals surface area contributed by atoms with Gasteiger partial charge in [0.15, 0.2) is 5.96 Å². The van der Waals surface area contributed by atoms with Gasteiger partial charge in [-0.3, -0.25) is 9.79 Å². The van der Waals surface area contributed by atoms with Gasteiger partial charge in [-0.05, 0) is 43.9 Å². The van der Waals surface area contributed by atoms with Crippen LogP contribution in [0.1, 0.15) is 25.3 Å². The largest absolute Gasteiger partial charge is 0.469 e. The molecule has 0 saturated carbocycles. The smallest absolute Gasteiger partial charge is 0.308 e. The molecule has 1 saturated heterocycles. The van der Waals surface area contributed by atoms with Crippen LogP contribution in [0.4, 0.5) is 4.39 Å². The van der Waals surface area contributed by atoms with Gasteiger partial charge in [0.1, 0.15) is 5.82 Å². The molecule has 0 spiro atoms. The summed E-state index contributed by atoms with van der Waals surface area (Å²) in [5, 5.41) is 3.29. The van der Waals surface area contributed by atoms with Gasteiger partial charge in [-0.25, -0.2) is 4.39 Å². The summed E-state index contributed by atoms with van der Waals surface area (Å²) in [5.74, 6) is 0.509. The van der Waals surface area contributed by atoms with Crippen LogP contribution in [0.15, 0.2) is 29.3 Å². The van der Waals surface area contributed by atoms with Crippen LogP contribution in [0.2, 0.25) is 0 Å². The number of carbonyl (C=O) groups is 1. The van der Waals surface area contributed by atoms with Crippen LogP contribution in [-0.4, -0.2) is 50.1 Å². The van der Waals surface area contributed by atoms with Crippen molar-refractivity contribution in [1.82, 2.24) is 10.2 Å². The maximum Gasteiger partial charge on any atom is 0.308 e. The Morgan fingerprint density at radius 2 is 2.17 bits per heavy atom. The number of guanidine groups is 1. The molecule has 1 aliphatic rings. The van der Waals surface area contributed by atoms with Crippen molar-refractivity contribution in [1.29, 1.82) is 0 Å². The van der Waals surface area contributed by atoms with Crippen molar-refractivity contribution in [3.63, 3.8) is 0 Å². The van der Waals surface area contributed by atoms with E-state index in [-0.39, 0.29) is 17.7 Å². The van der Waals surface area contributed by atoms with Gasteiger partial charge < -0.3 is 15.0 Å². The molecule has 6 heteroatoms. The third-order valence-corrected chi connectivity index (χ3v) is 4.21. The number of carbonyl (C=O) groups excluding carboxylic acids is 1. The molecule has 1 aromatic rings. The van der Waals surface area contributed by atoms with E-state index < -0.39 is 0 Å². The molecule has 0 aliphatic carbocycles. The maximum absolute atomic E-state index is 13.2. The molecule has 2 rings (SSSR count). The van der Waals surface area contributed by atoms with Crippen molar-refractivity contribution in [2.45, 2.75) is 26.2 Å². The highest BCUT2D eigenvalue weighted by Crippen LogP contribution is 2.18. The van der Waals surface area contributed by atoms with Crippen molar-refractivity contribution in [2.75, 3.05) is 33.3 Å². The summed E-state index contributed by atoms with van der Waals surface area (Å²) in [5.41, 5.74) is 0.944. The lowest BCUT2D eigenvalue weighted by molar-refractivity contribution is -0.146. The zero-order valence-corrected chi connectivity index (χ0v) is 14.4. The molecule has 0 unspecified atom stereocenters. The number of nitrogens with zero attached hydrogens (tertiary/aromatic N) is 2. The number of hydrogen-bond donors (Lipinski definition) is 1. The van der Waals surface area contributed by atoms with E-state index in [1.165, 1.54) is 13.2 Å². The van der Waals surface area contributed by atoms with Crippen LogP contribution in [-0.2, 0) is 16.0 Å². The van der Waals surface area contributed by atoms with Crippen molar-refractivity contribution >= 4 is 11.9 Å². The molecule has 0 aromatic heterocycles. The summed E-state index contributed by atoms with van der Waals surface area (Å²) in [7, 11) is 1.44. The van der Waals surface area contributed by atoms with E-state index in [4.69, 9.17) is 4.74 Å². The third kappa shape index (κ3) is 5.22. The van der Waals surface area contributed by atoms with Crippen molar-refractivity contribution in [2.24, 2.45) is 10.9 Å². The summed E-state index contributed by atoms with van der Waals surface area (Å²) in [6, 6.07) is 6.62. The molecule has 1 heterocycles. The molecule has 1 N–H and O–H groups in total. The lowest BCUT2D eigenvalue weighted by Crippen LogP contribution is -2.46. The fourth-order valence-corrected chi connectivity index (χ4v) is 2.90. The van der Waals surface area contributed by atoms with Gasteiger partial charge in [0.05, 0.1) is 13.0 Å². The molecule has 0 amide bonds. The van der Waals surface area contributed by atoms with E-state index in [9.17, 15) is 9.18 Å². The Bertz CT molecular complexity index is 569. The molecule has 132 valence electrons. The number of esters is 1.